The van der Waals surface area contributed by atoms with Gasteiger partial charge in [-0.15, -0.1) is 0 Å². The van der Waals surface area contributed by atoms with Crippen LogP contribution in [0.3, 0.4) is 0 Å². The molecule has 0 saturated heterocycles. The van der Waals surface area contributed by atoms with Crippen molar-refractivity contribution in [3.63, 3.8) is 0 Å². The molecule has 0 fully saturated rings. The largest absolute Gasteiger partial charge is 0.383 e. The molecule has 0 saturated carbocycles. The standard InChI is InChI=1S/C12H20N4O2/c1-18-8-7-16(6-2-4-13)10-3-5-15-11(9-10)12(14)17/h3,5,9H,2,4,6-8,13H2,1H3,(H2,14,17). The molecule has 0 unspecified atom stereocenters. The second kappa shape index (κ2) is 7.62. The van der Waals surface area contributed by atoms with Crippen molar-refractivity contribution in [2.45, 2.75) is 6.42 Å². The second-order valence-corrected chi connectivity index (χ2v) is 3.89. The Morgan fingerprint density at radius 2 is 2.28 bits per heavy atom. The molecule has 1 heterocycles. The number of ether oxygens (including phenoxy) is 1. The summed E-state index contributed by atoms with van der Waals surface area (Å²) in [7, 11) is 1.66. The van der Waals surface area contributed by atoms with Crippen molar-refractivity contribution in [2.75, 3.05) is 38.3 Å². The average Bonchev–Trinajstić information content (AvgIpc) is 2.39. The van der Waals surface area contributed by atoms with Gasteiger partial charge in [-0.1, -0.05) is 0 Å². The first-order valence-electron chi connectivity index (χ1n) is 5.89. The lowest BCUT2D eigenvalue weighted by Gasteiger charge is -2.24. The Morgan fingerprint density at radius 3 is 2.89 bits per heavy atom. The number of anilines is 1. The van der Waals surface area contributed by atoms with E-state index in [1.807, 2.05) is 6.07 Å². The van der Waals surface area contributed by atoms with Crippen molar-refractivity contribution in [2.24, 2.45) is 11.5 Å². The van der Waals surface area contributed by atoms with E-state index in [4.69, 9.17) is 16.2 Å². The molecule has 100 valence electrons. The summed E-state index contributed by atoms with van der Waals surface area (Å²) in [5, 5.41) is 0. The number of methoxy groups -OCH3 is 1. The monoisotopic (exact) mass is 252 g/mol. The first kappa shape index (κ1) is 14.4. The van der Waals surface area contributed by atoms with Crippen LogP contribution in [0.5, 0.6) is 0 Å². The van der Waals surface area contributed by atoms with E-state index in [1.165, 1.54) is 0 Å². The molecule has 1 aromatic rings. The van der Waals surface area contributed by atoms with E-state index in [0.717, 1.165) is 25.2 Å². The van der Waals surface area contributed by atoms with Crippen LogP contribution in [-0.4, -0.2) is 44.2 Å². The number of hydrogen-bond donors (Lipinski definition) is 2. The van der Waals surface area contributed by atoms with Crippen LogP contribution in [0.1, 0.15) is 16.9 Å². The van der Waals surface area contributed by atoms with Crippen LogP contribution < -0.4 is 16.4 Å². The lowest BCUT2D eigenvalue weighted by molar-refractivity contribution is 0.0995. The summed E-state index contributed by atoms with van der Waals surface area (Å²) in [6.07, 6.45) is 2.45. The molecule has 4 N–H and O–H groups in total. The number of nitrogens with zero attached hydrogens (tertiary/aromatic N) is 2. The maximum absolute atomic E-state index is 11.1. The number of hydrogen-bond acceptors (Lipinski definition) is 5. The highest BCUT2D eigenvalue weighted by Crippen LogP contribution is 2.14. The minimum Gasteiger partial charge on any atom is -0.383 e. The van der Waals surface area contributed by atoms with E-state index < -0.39 is 5.91 Å². The van der Waals surface area contributed by atoms with Crippen LogP contribution in [-0.2, 0) is 4.74 Å². The van der Waals surface area contributed by atoms with Crippen molar-refractivity contribution in [3.8, 4) is 0 Å². The van der Waals surface area contributed by atoms with Crippen LogP contribution in [0, 0.1) is 0 Å². The van der Waals surface area contributed by atoms with E-state index in [1.54, 1.807) is 19.4 Å². The minimum atomic E-state index is -0.526. The third-order valence-electron chi connectivity index (χ3n) is 2.56. The van der Waals surface area contributed by atoms with Gasteiger partial charge in [0.1, 0.15) is 5.69 Å². The highest BCUT2D eigenvalue weighted by molar-refractivity contribution is 5.91. The van der Waals surface area contributed by atoms with E-state index >= 15 is 0 Å². The quantitative estimate of drug-likeness (QED) is 0.678. The molecule has 6 heteroatoms. The lowest BCUT2D eigenvalue weighted by Crippen LogP contribution is -2.30. The predicted molar refractivity (Wildman–Crippen MR) is 70.5 cm³/mol. The van der Waals surface area contributed by atoms with E-state index in [9.17, 15) is 4.79 Å². The zero-order valence-corrected chi connectivity index (χ0v) is 10.6. The van der Waals surface area contributed by atoms with E-state index in [0.29, 0.717) is 13.2 Å². The van der Waals surface area contributed by atoms with Gasteiger partial charge in [0.15, 0.2) is 0 Å². The molecule has 0 aliphatic rings. The number of aromatic nitrogens is 1. The molecular weight excluding hydrogens is 232 g/mol. The smallest absolute Gasteiger partial charge is 0.267 e. The fourth-order valence-corrected chi connectivity index (χ4v) is 1.60. The Balaban J connectivity index is 2.82. The zero-order chi connectivity index (χ0) is 13.4. The Bertz CT molecular complexity index is 376. The van der Waals surface area contributed by atoms with Gasteiger partial charge >= 0.3 is 0 Å². The molecule has 0 aliphatic heterocycles. The number of nitrogens with two attached hydrogens (primary N) is 2. The van der Waals surface area contributed by atoms with E-state index in [2.05, 4.69) is 9.88 Å². The molecular formula is C12H20N4O2. The molecule has 0 aliphatic carbocycles. The third kappa shape index (κ3) is 4.31. The zero-order valence-electron chi connectivity index (χ0n) is 10.6. The predicted octanol–water partition coefficient (Wildman–Crippen LogP) is -0.0179. The summed E-state index contributed by atoms with van der Waals surface area (Å²) in [4.78, 5) is 17.1. The number of pyridine rings is 1. The SMILES string of the molecule is COCCN(CCCN)c1ccnc(C(N)=O)c1. The number of rotatable bonds is 8. The summed E-state index contributed by atoms with van der Waals surface area (Å²) < 4.78 is 5.07. The van der Waals surface area contributed by atoms with Crippen molar-refractivity contribution >= 4 is 11.6 Å². The van der Waals surface area contributed by atoms with Crippen molar-refractivity contribution in [1.82, 2.24) is 4.98 Å². The molecule has 18 heavy (non-hydrogen) atoms. The molecule has 1 rings (SSSR count). The van der Waals surface area contributed by atoms with Crippen LogP contribution >= 0.6 is 0 Å². The number of carbonyl (C=O) groups excluding carboxylic acids is 1. The first-order chi connectivity index (χ1) is 8.69. The Hall–Kier alpha value is -1.66. The summed E-state index contributed by atoms with van der Waals surface area (Å²) >= 11 is 0. The van der Waals surface area contributed by atoms with Gasteiger partial charge in [0.05, 0.1) is 6.61 Å². The maximum Gasteiger partial charge on any atom is 0.267 e. The molecule has 0 bridgehead atoms. The Labute approximate surface area is 107 Å². The number of carbonyl (C=O) groups is 1. The summed E-state index contributed by atoms with van der Waals surface area (Å²) in [5.74, 6) is -0.526. The van der Waals surface area contributed by atoms with E-state index in [-0.39, 0.29) is 5.69 Å². The fourth-order valence-electron chi connectivity index (χ4n) is 1.60. The van der Waals surface area contributed by atoms with Gasteiger partial charge in [0, 0.05) is 32.1 Å². The Morgan fingerprint density at radius 1 is 1.50 bits per heavy atom. The van der Waals surface area contributed by atoms with Crippen LogP contribution in [0.2, 0.25) is 0 Å². The molecule has 6 nitrogen and oxygen atoms in total. The highest BCUT2D eigenvalue weighted by Gasteiger charge is 2.09. The number of primary amides is 1. The van der Waals surface area contributed by atoms with Crippen molar-refractivity contribution in [1.29, 1.82) is 0 Å². The second-order valence-electron chi connectivity index (χ2n) is 3.89. The highest BCUT2D eigenvalue weighted by atomic mass is 16.5. The molecule has 0 spiro atoms. The Kier molecular flexibility index (Phi) is 6.10. The van der Waals surface area contributed by atoms with Crippen LogP contribution in [0.25, 0.3) is 0 Å². The van der Waals surface area contributed by atoms with Gasteiger partial charge in [0.25, 0.3) is 5.91 Å². The van der Waals surface area contributed by atoms with Gasteiger partial charge in [-0.2, -0.15) is 0 Å². The van der Waals surface area contributed by atoms with Crippen LogP contribution in [0.15, 0.2) is 18.3 Å². The normalized spacial score (nSPS) is 10.3. The fraction of sp³-hybridized carbons (Fsp3) is 0.500. The molecule has 0 atom stereocenters. The average molecular weight is 252 g/mol. The topological polar surface area (TPSA) is 94.5 Å². The van der Waals surface area contributed by atoms with Gasteiger partial charge in [-0.25, -0.2) is 0 Å². The molecule has 0 radical (unpaired) electrons. The first-order valence-corrected chi connectivity index (χ1v) is 5.89. The summed E-state index contributed by atoms with van der Waals surface area (Å²) in [6, 6.07) is 3.53. The maximum atomic E-state index is 11.1. The molecule has 0 aromatic carbocycles. The van der Waals surface area contributed by atoms with Crippen molar-refractivity contribution < 1.29 is 9.53 Å². The van der Waals surface area contributed by atoms with Gasteiger partial charge in [-0.05, 0) is 25.1 Å². The van der Waals surface area contributed by atoms with Crippen LogP contribution in [0.4, 0.5) is 5.69 Å². The minimum absolute atomic E-state index is 0.266. The van der Waals surface area contributed by atoms with Gasteiger partial charge < -0.3 is 21.1 Å². The summed E-state index contributed by atoms with van der Waals surface area (Å²) in [5.41, 5.74) is 11.9. The molecule has 1 aromatic heterocycles. The summed E-state index contributed by atoms with van der Waals surface area (Å²) in [6.45, 7) is 2.77. The number of amides is 1. The molecule has 1 amide bonds. The van der Waals surface area contributed by atoms with Gasteiger partial charge in [-0.3, -0.25) is 9.78 Å². The third-order valence-corrected chi connectivity index (χ3v) is 2.56. The van der Waals surface area contributed by atoms with Gasteiger partial charge in [0.2, 0.25) is 0 Å². The van der Waals surface area contributed by atoms with Crippen molar-refractivity contribution in [3.05, 3.63) is 24.0 Å². The lowest BCUT2D eigenvalue weighted by atomic mass is 10.2.